The standard InChI is InChI=1S/C24H31ClFN5O.C2H6/c1-7-16-21-14(5)32-24-18-17(19(26)22(25)29-24)13(4)20(15-9-8-11(2)27-15)28-23(18)31(21)10-12(3)30(16)6;1-2/h12,14-16,21,27H,2,7-10H2,1,3-6H3;1-2H3/t12?,14?,15?,16-,21+;/m0./s1. The van der Waals surface area contributed by atoms with Crippen molar-refractivity contribution in [3.8, 4) is 5.88 Å². The molecule has 1 N–H and O–H groups in total. The Labute approximate surface area is 207 Å². The predicted octanol–water partition coefficient (Wildman–Crippen LogP) is 5.76. The molecule has 3 unspecified atom stereocenters. The summed E-state index contributed by atoms with van der Waals surface area (Å²) in [5.74, 6) is 0.624. The van der Waals surface area contributed by atoms with Crippen molar-refractivity contribution in [1.29, 1.82) is 0 Å². The van der Waals surface area contributed by atoms with Crippen molar-refractivity contribution in [3.05, 3.63) is 34.5 Å². The van der Waals surface area contributed by atoms with E-state index in [1.165, 1.54) is 0 Å². The van der Waals surface area contributed by atoms with Crippen LogP contribution in [0, 0.1) is 12.7 Å². The Kier molecular flexibility index (Phi) is 6.98. The Morgan fingerprint density at radius 1 is 1.24 bits per heavy atom. The number of aromatic nitrogens is 2. The lowest BCUT2D eigenvalue weighted by Gasteiger charge is -2.51. The predicted molar refractivity (Wildman–Crippen MR) is 137 cm³/mol. The minimum Gasteiger partial charge on any atom is -0.472 e. The molecule has 0 spiro atoms. The molecule has 2 aromatic heterocycles. The molecule has 34 heavy (non-hydrogen) atoms. The number of nitrogens with one attached hydrogen (secondary N) is 1. The highest BCUT2D eigenvalue weighted by Crippen LogP contribution is 2.45. The maximum Gasteiger partial charge on any atom is 0.227 e. The molecule has 5 heterocycles. The number of anilines is 1. The molecule has 2 saturated heterocycles. The van der Waals surface area contributed by atoms with Crippen LogP contribution in [0.2, 0.25) is 5.15 Å². The van der Waals surface area contributed by atoms with Gasteiger partial charge in [-0.2, -0.15) is 4.98 Å². The summed E-state index contributed by atoms with van der Waals surface area (Å²) in [6, 6.07) is 0.662. The summed E-state index contributed by atoms with van der Waals surface area (Å²) >= 11 is 6.27. The monoisotopic (exact) mass is 489 g/mol. The number of nitrogens with zero attached hydrogens (tertiary/aromatic N) is 4. The summed E-state index contributed by atoms with van der Waals surface area (Å²) in [5.41, 5.74) is 2.62. The third-order valence-corrected chi connectivity index (χ3v) is 7.87. The SMILES string of the molecule is C=C1CCC(c2nc3c4c(nc(Cl)c(F)c4c2C)OC(C)[C@@H]2[C@H](CC)N(C)C(C)CN32)N1.CC. The van der Waals surface area contributed by atoms with Crippen molar-refractivity contribution in [2.45, 2.75) is 91.1 Å². The molecule has 0 bridgehead atoms. The van der Waals surface area contributed by atoms with Gasteiger partial charge in [-0.3, -0.25) is 4.90 Å². The summed E-state index contributed by atoms with van der Waals surface area (Å²) in [5, 5.41) is 4.37. The Morgan fingerprint density at radius 3 is 2.56 bits per heavy atom. The second kappa shape index (κ2) is 9.50. The second-order valence-electron chi connectivity index (χ2n) is 9.51. The van der Waals surface area contributed by atoms with Crippen molar-refractivity contribution < 1.29 is 9.13 Å². The first-order chi connectivity index (χ1) is 16.2. The van der Waals surface area contributed by atoms with Crippen LogP contribution in [0.1, 0.15) is 71.2 Å². The van der Waals surface area contributed by atoms with Crippen LogP contribution in [-0.2, 0) is 0 Å². The van der Waals surface area contributed by atoms with Gasteiger partial charge in [-0.15, -0.1) is 0 Å². The van der Waals surface area contributed by atoms with Gasteiger partial charge >= 0.3 is 0 Å². The molecule has 3 aliphatic rings. The number of halogens is 2. The molecule has 2 fully saturated rings. The minimum absolute atomic E-state index is 0.00449. The van der Waals surface area contributed by atoms with Crippen LogP contribution in [0.3, 0.4) is 0 Å². The number of pyridine rings is 2. The van der Waals surface area contributed by atoms with Gasteiger partial charge in [-0.05, 0) is 52.6 Å². The van der Waals surface area contributed by atoms with Crippen LogP contribution < -0.4 is 15.0 Å². The van der Waals surface area contributed by atoms with Crippen molar-refractivity contribution in [2.75, 3.05) is 18.5 Å². The van der Waals surface area contributed by atoms with Gasteiger partial charge in [0, 0.05) is 29.7 Å². The summed E-state index contributed by atoms with van der Waals surface area (Å²) in [4.78, 5) is 14.3. The first kappa shape index (κ1) is 25.0. The lowest BCUT2D eigenvalue weighted by molar-refractivity contribution is 0.0619. The number of fused-ring (bicyclic) bond motifs is 2. The largest absolute Gasteiger partial charge is 0.472 e. The average Bonchev–Trinajstić information content (AvgIpc) is 3.21. The second-order valence-corrected chi connectivity index (χ2v) is 9.87. The molecule has 0 radical (unpaired) electrons. The van der Waals surface area contributed by atoms with Crippen LogP contribution in [0.4, 0.5) is 10.2 Å². The fourth-order valence-electron chi connectivity index (χ4n) is 5.88. The van der Waals surface area contributed by atoms with Crippen LogP contribution in [0.15, 0.2) is 12.3 Å². The van der Waals surface area contributed by atoms with Crippen molar-refractivity contribution in [2.24, 2.45) is 0 Å². The van der Waals surface area contributed by atoms with Crippen molar-refractivity contribution in [1.82, 2.24) is 20.2 Å². The van der Waals surface area contributed by atoms with E-state index in [9.17, 15) is 0 Å². The van der Waals surface area contributed by atoms with Gasteiger partial charge in [0.15, 0.2) is 11.0 Å². The molecule has 5 atom stereocenters. The summed E-state index contributed by atoms with van der Waals surface area (Å²) in [6.45, 7) is 17.3. The normalized spacial score (nSPS) is 28.6. The van der Waals surface area contributed by atoms with Crippen LogP contribution in [0.5, 0.6) is 5.88 Å². The van der Waals surface area contributed by atoms with Gasteiger partial charge in [-0.1, -0.05) is 39.0 Å². The number of rotatable bonds is 2. The third-order valence-electron chi connectivity index (χ3n) is 7.62. The van der Waals surface area contributed by atoms with Gasteiger partial charge in [-0.25, -0.2) is 9.37 Å². The quantitative estimate of drug-likeness (QED) is 0.541. The first-order valence-electron chi connectivity index (χ1n) is 12.5. The zero-order valence-electron chi connectivity index (χ0n) is 21.4. The van der Waals surface area contributed by atoms with E-state index >= 15 is 4.39 Å². The lowest BCUT2D eigenvalue weighted by atomic mass is 9.92. The topological polar surface area (TPSA) is 53.5 Å². The number of ether oxygens (including phenoxy) is 1. The van der Waals surface area contributed by atoms with Gasteiger partial charge in [0.05, 0.1) is 23.2 Å². The van der Waals surface area contributed by atoms with E-state index in [-0.39, 0.29) is 29.4 Å². The van der Waals surface area contributed by atoms with Gasteiger partial charge < -0.3 is 15.0 Å². The zero-order valence-corrected chi connectivity index (χ0v) is 22.1. The number of hydrogen-bond donors (Lipinski definition) is 1. The molecule has 2 aromatic rings. The van der Waals surface area contributed by atoms with Crippen LogP contribution in [-0.4, -0.2) is 52.7 Å². The van der Waals surface area contributed by atoms with Crippen LogP contribution >= 0.6 is 11.6 Å². The van der Waals surface area contributed by atoms with Gasteiger partial charge in [0.25, 0.3) is 0 Å². The maximum absolute atomic E-state index is 15.5. The fourth-order valence-corrected chi connectivity index (χ4v) is 6.05. The molecule has 5 rings (SSSR count). The molecule has 0 aromatic carbocycles. The summed E-state index contributed by atoms with van der Waals surface area (Å²) in [7, 11) is 2.17. The zero-order chi connectivity index (χ0) is 24.9. The molecule has 0 saturated carbocycles. The highest BCUT2D eigenvalue weighted by Gasteiger charge is 2.45. The Hall–Kier alpha value is -2.12. The highest BCUT2D eigenvalue weighted by atomic mass is 35.5. The van der Waals surface area contributed by atoms with E-state index < -0.39 is 5.82 Å². The van der Waals surface area contributed by atoms with E-state index in [2.05, 4.69) is 54.5 Å². The highest BCUT2D eigenvalue weighted by molar-refractivity contribution is 6.30. The van der Waals surface area contributed by atoms with Crippen molar-refractivity contribution in [3.63, 3.8) is 0 Å². The Morgan fingerprint density at radius 2 is 1.94 bits per heavy atom. The van der Waals surface area contributed by atoms with E-state index in [1.54, 1.807) is 0 Å². The molecule has 6 nitrogen and oxygen atoms in total. The van der Waals surface area contributed by atoms with Crippen LogP contribution in [0.25, 0.3) is 10.8 Å². The number of allylic oxidation sites excluding steroid dienone is 1. The van der Waals surface area contributed by atoms with E-state index in [1.807, 2.05) is 20.8 Å². The Bertz CT molecular complexity index is 1110. The fraction of sp³-hybridized carbons (Fsp3) is 0.615. The number of aryl methyl sites for hydroxylation is 1. The van der Waals surface area contributed by atoms with Gasteiger partial charge in [0.2, 0.25) is 5.88 Å². The van der Waals surface area contributed by atoms with E-state index in [0.29, 0.717) is 22.7 Å². The molecule has 0 aliphatic carbocycles. The molecule has 8 heteroatoms. The van der Waals surface area contributed by atoms with Gasteiger partial charge in [0.1, 0.15) is 11.9 Å². The maximum atomic E-state index is 15.5. The van der Waals surface area contributed by atoms with E-state index in [4.69, 9.17) is 21.3 Å². The number of hydrogen-bond acceptors (Lipinski definition) is 6. The molecule has 186 valence electrons. The van der Waals surface area contributed by atoms with Crippen molar-refractivity contribution >= 4 is 28.2 Å². The number of likely N-dealkylation sites (N-methyl/N-ethyl adjacent to an activating group) is 1. The smallest absolute Gasteiger partial charge is 0.227 e. The molecule has 0 amide bonds. The number of piperazine rings is 1. The molecular weight excluding hydrogens is 453 g/mol. The average molecular weight is 490 g/mol. The molecular formula is C26H37ClFN5O. The summed E-state index contributed by atoms with van der Waals surface area (Å²) < 4.78 is 21.9. The van der Waals surface area contributed by atoms with E-state index in [0.717, 1.165) is 48.6 Å². The summed E-state index contributed by atoms with van der Waals surface area (Å²) in [6.07, 6.45) is 2.59. The first-order valence-corrected chi connectivity index (χ1v) is 12.9. The lowest BCUT2D eigenvalue weighted by Crippen LogP contribution is -2.65. The third kappa shape index (κ3) is 3.81. The molecule has 3 aliphatic heterocycles. The minimum atomic E-state index is -0.506. The Balaban J connectivity index is 0.00000133.